The molecule has 2 aromatic rings. The molecule has 7 nitrogen and oxygen atoms in total. The van der Waals surface area contributed by atoms with Gasteiger partial charge in [-0.15, -0.1) is 12.4 Å². The first kappa shape index (κ1) is 20.5. The lowest BCUT2D eigenvalue weighted by Crippen LogP contribution is -2.26. The number of hydrogen-bond donors (Lipinski definition) is 2. The zero-order valence-electron chi connectivity index (χ0n) is 15.8. The molecule has 144 valence electrons. The number of aromatic nitrogens is 4. The molecule has 0 spiro atoms. The van der Waals surface area contributed by atoms with Crippen molar-refractivity contribution in [1.29, 1.82) is 0 Å². The number of hydrogen-bond acceptors (Lipinski definition) is 4. The van der Waals surface area contributed by atoms with Crippen LogP contribution in [-0.4, -0.2) is 32.0 Å². The van der Waals surface area contributed by atoms with Crippen LogP contribution in [0.1, 0.15) is 54.8 Å². The fourth-order valence-electron chi connectivity index (χ4n) is 3.18. The number of nitrogens with zero attached hydrogens (tertiary/aromatic N) is 4. The van der Waals surface area contributed by atoms with E-state index in [4.69, 9.17) is 0 Å². The summed E-state index contributed by atoms with van der Waals surface area (Å²) in [5.41, 5.74) is 3.68. The Labute approximate surface area is 160 Å². The number of amides is 1. The summed E-state index contributed by atoms with van der Waals surface area (Å²) in [5.74, 6) is 0.427. The van der Waals surface area contributed by atoms with E-state index >= 15 is 0 Å². The summed E-state index contributed by atoms with van der Waals surface area (Å²) in [4.78, 5) is 12.6. The van der Waals surface area contributed by atoms with Crippen LogP contribution < -0.4 is 10.6 Å². The maximum Gasteiger partial charge on any atom is 0.269 e. The summed E-state index contributed by atoms with van der Waals surface area (Å²) in [6.45, 7) is 10.2. The highest BCUT2D eigenvalue weighted by Gasteiger charge is 2.16. The molecule has 2 N–H and O–H groups in total. The number of carbonyl (C=O) groups is 1. The molecule has 0 aromatic carbocycles. The SMILES string of the molecule is CCn1nc(CC(C)C)cc1C(=O)NCc1cc2n(n1)CCCNC2.Cl. The lowest BCUT2D eigenvalue weighted by atomic mass is 10.1. The highest BCUT2D eigenvalue weighted by atomic mass is 35.5. The lowest BCUT2D eigenvalue weighted by Gasteiger charge is -2.05. The minimum absolute atomic E-state index is 0. The molecule has 8 heteroatoms. The van der Waals surface area contributed by atoms with Crippen LogP contribution in [0.3, 0.4) is 0 Å². The Morgan fingerprint density at radius 1 is 1.31 bits per heavy atom. The predicted octanol–water partition coefficient (Wildman–Crippen LogP) is 2.14. The Kier molecular flexibility index (Phi) is 7.23. The van der Waals surface area contributed by atoms with Crippen molar-refractivity contribution in [3.63, 3.8) is 0 Å². The van der Waals surface area contributed by atoms with Gasteiger partial charge in [0.05, 0.1) is 23.6 Å². The standard InChI is InChI=1S/C18H28N6O.ClH/c1-4-23-17(10-14(21-23)8-13(2)3)18(25)20-11-15-9-16-12-19-6-5-7-24(16)22-15;/h9-10,13,19H,4-8,11-12H2,1-3H3,(H,20,25);1H. The van der Waals surface area contributed by atoms with E-state index in [0.717, 1.165) is 43.9 Å². The second-order valence-corrected chi connectivity index (χ2v) is 7.00. The second kappa shape index (κ2) is 9.19. The van der Waals surface area contributed by atoms with Crippen molar-refractivity contribution in [2.45, 2.75) is 59.8 Å². The van der Waals surface area contributed by atoms with Gasteiger partial charge in [-0.05, 0) is 44.4 Å². The van der Waals surface area contributed by atoms with E-state index in [1.165, 1.54) is 5.69 Å². The monoisotopic (exact) mass is 380 g/mol. The molecule has 0 saturated carbocycles. The molecule has 3 rings (SSSR count). The van der Waals surface area contributed by atoms with Gasteiger partial charge in [0.2, 0.25) is 0 Å². The van der Waals surface area contributed by atoms with Crippen molar-refractivity contribution < 1.29 is 4.79 Å². The fraction of sp³-hybridized carbons (Fsp3) is 0.611. The average molecular weight is 381 g/mol. The third-order valence-corrected chi connectivity index (χ3v) is 4.35. The van der Waals surface area contributed by atoms with Crippen LogP contribution in [-0.2, 0) is 32.6 Å². The number of carbonyl (C=O) groups excluding carboxylic acids is 1. The molecule has 0 bridgehead atoms. The van der Waals surface area contributed by atoms with Crippen LogP contribution in [0, 0.1) is 5.92 Å². The van der Waals surface area contributed by atoms with Gasteiger partial charge in [0, 0.05) is 19.6 Å². The minimum atomic E-state index is -0.0920. The van der Waals surface area contributed by atoms with Crippen molar-refractivity contribution in [3.05, 3.63) is 34.9 Å². The molecular weight excluding hydrogens is 352 g/mol. The van der Waals surface area contributed by atoms with Crippen molar-refractivity contribution in [2.24, 2.45) is 5.92 Å². The summed E-state index contributed by atoms with van der Waals surface area (Å²) in [7, 11) is 0. The van der Waals surface area contributed by atoms with Crippen molar-refractivity contribution in [1.82, 2.24) is 30.2 Å². The zero-order valence-corrected chi connectivity index (χ0v) is 16.6. The highest BCUT2D eigenvalue weighted by Crippen LogP contribution is 2.11. The normalized spacial score (nSPS) is 13.8. The molecule has 3 heterocycles. The smallest absolute Gasteiger partial charge is 0.269 e. The summed E-state index contributed by atoms with van der Waals surface area (Å²) in [6.07, 6.45) is 1.96. The Hall–Kier alpha value is -1.86. The Morgan fingerprint density at radius 3 is 2.85 bits per heavy atom. The molecule has 26 heavy (non-hydrogen) atoms. The van der Waals surface area contributed by atoms with Gasteiger partial charge in [0.15, 0.2) is 0 Å². The third kappa shape index (κ3) is 4.86. The predicted molar refractivity (Wildman–Crippen MR) is 103 cm³/mol. The second-order valence-electron chi connectivity index (χ2n) is 7.00. The number of fused-ring (bicyclic) bond motifs is 1. The van der Waals surface area contributed by atoms with Crippen LogP contribution in [0.2, 0.25) is 0 Å². The largest absolute Gasteiger partial charge is 0.345 e. The number of rotatable bonds is 6. The minimum Gasteiger partial charge on any atom is -0.345 e. The summed E-state index contributed by atoms with van der Waals surface area (Å²) in [6, 6.07) is 3.98. The fourth-order valence-corrected chi connectivity index (χ4v) is 3.18. The van der Waals surface area contributed by atoms with Gasteiger partial charge in [0.25, 0.3) is 5.91 Å². The summed E-state index contributed by atoms with van der Waals surface area (Å²) >= 11 is 0. The van der Waals surface area contributed by atoms with Crippen LogP contribution in [0.25, 0.3) is 0 Å². The van der Waals surface area contributed by atoms with Gasteiger partial charge in [-0.3, -0.25) is 14.2 Å². The van der Waals surface area contributed by atoms with Gasteiger partial charge in [-0.2, -0.15) is 10.2 Å². The highest BCUT2D eigenvalue weighted by molar-refractivity contribution is 5.92. The van der Waals surface area contributed by atoms with Crippen LogP contribution in [0.5, 0.6) is 0 Å². The van der Waals surface area contributed by atoms with Gasteiger partial charge < -0.3 is 10.6 Å². The molecule has 1 aliphatic rings. The van der Waals surface area contributed by atoms with Gasteiger partial charge >= 0.3 is 0 Å². The molecule has 1 amide bonds. The molecule has 1 aliphatic heterocycles. The molecule has 0 unspecified atom stereocenters. The van der Waals surface area contributed by atoms with E-state index in [9.17, 15) is 4.79 Å². The Bertz CT molecular complexity index is 713. The van der Waals surface area contributed by atoms with Gasteiger partial charge in [0.1, 0.15) is 5.69 Å². The zero-order chi connectivity index (χ0) is 17.8. The van der Waals surface area contributed by atoms with Crippen LogP contribution in [0.4, 0.5) is 0 Å². The topological polar surface area (TPSA) is 76.8 Å². The quantitative estimate of drug-likeness (QED) is 0.805. The number of halogens is 1. The van der Waals surface area contributed by atoms with Crippen molar-refractivity contribution in [2.75, 3.05) is 6.54 Å². The van der Waals surface area contributed by atoms with Crippen molar-refractivity contribution in [3.8, 4) is 0 Å². The summed E-state index contributed by atoms with van der Waals surface area (Å²) < 4.78 is 3.82. The van der Waals surface area contributed by atoms with E-state index in [1.54, 1.807) is 4.68 Å². The van der Waals surface area contributed by atoms with E-state index in [1.807, 2.05) is 17.7 Å². The molecule has 0 radical (unpaired) electrons. The molecule has 2 aromatic heterocycles. The van der Waals surface area contributed by atoms with E-state index in [-0.39, 0.29) is 18.3 Å². The Balaban J connectivity index is 0.00000243. The van der Waals surface area contributed by atoms with Crippen LogP contribution >= 0.6 is 12.4 Å². The molecule has 0 aliphatic carbocycles. The van der Waals surface area contributed by atoms with E-state index in [2.05, 4.69) is 40.7 Å². The van der Waals surface area contributed by atoms with E-state index < -0.39 is 0 Å². The number of aryl methyl sites for hydroxylation is 2. The van der Waals surface area contributed by atoms with E-state index in [0.29, 0.717) is 24.7 Å². The number of nitrogens with one attached hydrogen (secondary N) is 2. The molecular formula is C18H29ClN6O. The molecule has 0 fully saturated rings. The lowest BCUT2D eigenvalue weighted by molar-refractivity contribution is 0.0939. The molecule has 0 saturated heterocycles. The maximum atomic E-state index is 12.6. The first-order valence-electron chi connectivity index (χ1n) is 9.18. The summed E-state index contributed by atoms with van der Waals surface area (Å²) in [5, 5.41) is 15.5. The Morgan fingerprint density at radius 2 is 2.12 bits per heavy atom. The first-order chi connectivity index (χ1) is 12.1. The molecule has 0 atom stereocenters. The third-order valence-electron chi connectivity index (χ3n) is 4.35. The van der Waals surface area contributed by atoms with Gasteiger partial charge in [-0.25, -0.2) is 0 Å². The first-order valence-corrected chi connectivity index (χ1v) is 9.18. The van der Waals surface area contributed by atoms with Gasteiger partial charge in [-0.1, -0.05) is 13.8 Å². The van der Waals surface area contributed by atoms with Crippen molar-refractivity contribution >= 4 is 18.3 Å². The van der Waals surface area contributed by atoms with Crippen LogP contribution in [0.15, 0.2) is 12.1 Å². The maximum absolute atomic E-state index is 12.6. The average Bonchev–Trinajstić information content (AvgIpc) is 3.09.